The number of rotatable bonds is 8. The van der Waals surface area contributed by atoms with Crippen LogP contribution >= 0.6 is 11.8 Å². The molecule has 0 spiro atoms. The van der Waals surface area contributed by atoms with Gasteiger partial charge in [-0.25, -0.2) is 0 Å². The summed E-state index contributed by atoms with van der Waals surface area (Å²) in [6, 6.07) is 3.61. The number of amides is 1. The summed E-state index contributed by atoms with van der Waals surface area (Å²) in [6.45, 7) is 0.356. The molecule has 0 fully saturated rings. The SMILES string of the molecule is COc1cc(CNC(=O)CSc2nncn2C)cc(OC)c1OC. The Morgan fingerprint density at radius 2 is 1.88 bits per heavy atom. The maximum Gasteiger partial charge on any atom is 0.230 e. The summed E-state index contributed by atoms with van der Waals surface area (Å²) < 4.78 is 17.6. The van der Waals surface area contributed by atoms with Crippen molar-refractivity contribution in [2.24, 2.45) is 7.05 Å². The second kappa shape index (κ2) is 8.44. The number of carbonyl (C=O) groups is 1. The van der Waals surface area contributed by atoms with Gasteiger partial charge in [-0.15, -0.1) is 10.2 Å². The van der Waals surface area contributed by atoms with Crippen molar-refractivity contribution < 1.29 is 19.0 Å². The number of benzene rings is 1. The van der Waals surface area contributed by atoms with Crippen LogP contribution < -0.4 is 19.5 Å². The first-order valence-electron chi connectivity index (χ1n) is 7.11. The van der Waals surface area contributed by atoms with Crippen LogP contribution in [-0.2, 0) is 18.4 Å². The van der Waals surface area contributed by atoms with Gasteiger partial charge in [0.2, 0.25) is 11.7 Å². The molecule has 0 atom stereocenters. The zero-order chi connectivity index (χ0) is 17.5. The van der Waals surface area contributed by atoms with Crippen LogP contribution in [0, 0.1) is 0 Å². The molecule has 9 heteroatoms. The van der Waals surface area contributed by atoms with Gasteiger partial charge in [0.25, 0.3) is 0 Å². The van der Waals surface area contributed by atoms with Crippen LogP contribution in [0.15, 0.2) is 23.6 Å². The molecular formula is C15H20N4O4S. The maximum absolute atomic E-state index is 12.0. The molecule has 2 aromatic rings. The number of nitrogens with zero attached hydrogens (tertiary/aromatic N) is 3. The molecule has 1 aromatic heterocycles. The van der Waals surface area contributed by atoms with E-state index >= 15 is 0 Å². The molecule has 1 heterocycles. The van der Waals surface area contributed by atoms with Crippen molar-refractivity contribution in [1.82, 2.24) is 20.1 Å². The molecule has 1 aromatic carbocycles. The molecule has 2 rings (SSSR count). The molecule has 0 unspecified atom stereocenters. The van der Waals surface area contributed by atoms with E-state index in [1.54, 1.807) is 44.4 Å². The molecule has 24 heavy (non-hydrogen) atoms. The predicted molar refractivity (Wildman–Crippen MR) is 89.7 cm³/mol. The van der Waals surface area contributed by atoms with Gasteiger partial charge in [-0.1, -0.05) is 11.8 Å². The topological polar surface area (TPSA) is 87.5 Å². The standard InChI is InChI=1S/C15H20N4O4S/c1-19-9-17-18-15(19)24-8-13(20)16-7-10-5-11(21-2)14(23-4)12(6-10)22-3/h5-6,9H,7-8H2,1-4H3,(H,16,20). The molecule has 0 aliphatic heterocycles. The van der Waals surface area contributed by atoms with Crippen molar-refractivity contribution in [2.75, 3.05) is 27.1 Å². The van der Waals surface area contributed by atoms with Crippen LogP contribution in [0.3, 0.4) is 0 Å². The van der Waals surface area contributed by atoms with Crippen molar-refractivity contribution in [3.63, 3.8) is 0 Å². The van der Waals surface area contributed by atoms with Crippen molar-refractivity contribution in [2.45, 2.75) is 11.7 Å². The number of methoxy groups -OCH3 is 3. The quantitative estimate of drug-likeness (QED) is 0.715. The Morgan fingerprint density at radius 1 is 1.21 bits per heavy atom. The minimum Gasteiger partial charge on any atom is -0.493 e. The Balaban J connectivity index is 1.95. The second-order valence-electron chi connectivity index (χ2n) is 4.82. The van der Waals surface area contributed by atoms with Crippen LogP contribution in [0.4, 0.5) is 0 Å². The van der Waals surface area contributed by atoms with E-state index in [2.05, 4.69) is 15.5 Å². The number of carbonyl (C=O) groups excluding carboxylic acids is 1. The van der Waals surface area contributed by atoms with Crippen LogP contribution in [0.2, 0.25) is 0 Å². The van der Waals surface area contributed by atoms with Crippen molar-refractivity contribution in [3.8, 4) is 17.2 Å². The van der Waals surface area contributed by atoms with E-state index in [1.807, 2.05) is 7.05 Å². The highest BCUT2D eigenvalue weighted by atomic mass is 32.2. The highest BCUT2D eigenvalue weighted by Crippen LogP contribution is 2.38. The molecule has 0 aliphatic carbocycles. The zero-order valence-electron chi connectivity index (χ0n) is 14.0. The van der Waals surface area contributed by atoms with E-state index in [1.165, 1.54) is 11.8 Å². The normalized spacial score (nSPS) is 10.3. The van der Waals surface area contributed by atoms with Gasteiger partial charge in [0.15, 0.2) is 16.7 Å². The third-order valence-corrected chi connectivity index (χ3v) is 4.25. The molecular weight excluding hydrogens is 332 g/mol. The Kier molecular flexibility index (Phi) is 6.30. The fourth-order valence-corrected chi connectivity index (χ4v) is 2.74. The van der Waals surface area contributed by atoms with E-state index in [0.29, 0.717) is 28.9 Å². The summed E-state index contributed by atoms with van der Waals surface area (Å²) in [7, 11) is 6.48. The average molecular weight is 352 g/mol. The minimum atomic E-state index is -0.100. The molecule has 0 saturated carbocycles. The maximum atomic E-state index is 12.0. The Bertz CT molecular complexity index is 680. The van der Waals surface area contributed by atoms with E-state index in [0.717, 1.165) is 5.56 Å². The van der Waals surface area contributed by atoms with Crippen LogP contribution in [0.5, 0.6) is 17.2 Å². The summed E-state index contributed by atoms with van der Waals surface area (Å²) in [4.78, 5) is 12.0. The third-order valence-electron chi connectivity index (χ3n) is 3.22. The van der Waals surface area contributed by atoms with Gasteiger partial charge < -0.3 is 24.1 Å². The smallest absolute Gasteiger partial charge is 0.230 e. The van der Waals surface area contributed by atoms with Gasteiger partial charge in [0, 0.05) is 13.6 Å². The summed E-state index contributed by atoms with van der Waals surface area (Å²) in [5.41, 5.74) is 0.849. The van der Waals surface area contributed by atoms with Gasteiger partial charge in [0.1, 0.15) is 6.33 Å². The van der Waals surface area contributed by atoms with Crippen molar-refractivity contribution in [3.05, 3.63) is 24.0 Å². The Hall–Kier alpha value is -2.42. The number of hydrogen-bond donors (Lipinski definition) is 1. The first kappa shape index (κ1) is 17.9. The number of ether oxygens (including phenoxy) is 3. The lowest BCUT2D eigenvalue weighted by Crippen LogP contribution is -2.24. The fourth-order valence-electron chi connectivity index (χ4n) is 2.02. The van der Waals surface area contributed by atoms with Gasteiger partial charge in [-0.05, 0) is 17.7 Å². The number of aryl methyl sites for hydroxylation is 1. The molecule has 1 N–H and O–H groups in total. The number of aromatic nitrogens is 3. The Morgan fingerprint density at radius 3 is 2.38 bits per heavy atom. The number of hydrogen-bond acceptors (Lipinski definition) is 7. The van der Waals surface area contributed by atoms with Crippen LogP contribution in [0.1, 0.15) is 5.56 Å². The summed E-state index contributed by atoms with van der Waals surface area (Å²) >= 11 is 1.33. The highest BCUT2D eigenvalue weighted by molar-refractivity contribution is 7.99. The van der Waals surface area contributed by atoms with E-state index in [9.17, 15) is 4.79 Å². The zero-order valence-corrected chi connectivity index (χ0v) is 14.8. The first-order chi connectivity index (χ1) is 11.6. The number of thioether (sulfide) groups is 1. The van der Waals surface area contributed by atoms with Crippen molar-refractivity contribution in [1.29, 1.82) is 0 Å². The lowest BCUT2D eigenvalue weighted by molar-refractivity contribution is -0.118. The summed E-state index contributed by atoms with van der Waals surface area (Å²) in [5, 5.41) is 11.2. The molecule has 0 saturated heterocycles. The van der Waals surface area contributed by atoms with E-state index in [-0.39, 0.29) is 11.7 Å². The van der Waals surface area contributed by atoms with Crippen LogP contribution in [-0.4, -0.2) is 47.8 Å². The fraction of sp³-hybridized carbons (Fsp3) is 0.400. The predicted octanol–water partition coefficient (Wildman–Crippen LogP) is 1.25. The second-order valence-corrected chi connectivity index (χ2v) is 5.77. The molecule has 130 valence electrons. The first-order valence-corrected chi connectivity index (χ1v) is 8.10. The van der Waals surface area contributed by atoms with Crippen molar-refractivity contribution >= 4 is 17.7 Å². The third kappa shape index (κ3) is 4.31. The largest absolute Gasteiger partial charge is 0.493 e. The molecule has 8 nitrogen and oxygen atoms in total. The van der Waals surface area contributed by atoms with E-state index in [4.69, 9.17) is 14.2 Å². The monoisotopic (exact) mass is 352 g/mol. The Labute approximate surface area is 144 Å². The van der Waals surface area contributed by atoms with Gasteiger partial charge in [-0.2, -0.15) is 0 Å². The molecule has 1 amide bonds. The van der Waals surface area contributed by atoms with E-state index < -0.39 is 0 Å². The summed E-state index contributed by atoms with van der Waals surface area (Å²) in [6.07, 6.45) is 1.59. The lowest BCUT2D eigenvalue weighted by atomic mass is 10.2. The molecule has 0 radical (unpaired) electrons. The average Bonchev–Trinajstić information content (AvgIpc) is 3.01. The molecule has 0 aliphatic rings. The van der Waals surface area contributed by atoms with Crippen LogP contribution in [0.25, 0.3) is 0 Å². The minimum absolute atomic E-state index is 0.100. The summed E-state index contributed by atoms with van der Waals surface area (Å²) in [5.74, 6) is 1.78. The molecule has 0 bridgehead atoms. The van der Waals surface area contributed by atoms with Gasteiger partial charge in [0.05, 0.1) is 27.1 Å². The highest BCUT2D eigenvalue weighted by Gasteiger charge is 2.14. The van der Waals surface area contributed by atoms with Gasteiger partial charge in [-0.3, -0.25) is 4.79 Å². The lowest BCUT2D eigenvalue weighted by Gasteiger charge is -2.14. The number of nitrogens with one attached hydrogen (secondary N) is 1. The van der Waals surface area contributed by atoms with Gasteiger partial charge >= 0.3 is 0 Å².